The summed E-state index contributed by atoms with van der Waals surface area (Å²) in [5, 5.41) is 9.30. The minimum atomic E-state index is -0.854. The zero-order valence-corrected chi connectivity index (χ0v) is 15.9. The van der Waals surface area contributed by atoms with Crippen LogP contribution in [0.3, 0.4) is 0 Å². The number of hydrogen-bond donors (Lipinski definition) is 1. The fraction of sp³-hybridized carbons (Fsp3) is 0.526. The molecule has 2 fully saturated rings. The second-order valence-corrected chi connectivity index (χ2v) is 8.11. The molecular weight excluding hydrogens is 352 g/mol. The van der Waals surface area contributed by atoms with Crippen LogP contribution in [0.5, 0.6) is 0 Å². The normalized spacial score (nSPS) is 26.2. The van der Waals surface area contributed by atoms with E-state index in [-0.39, 0.29) is 30.7 Å². The van der Waals surface area contributed by atoms with Gasteiger partial charge in [0, 0.05) is 36.6 Å². The molecule has 2 aliphatic heterocycles. The van der Waals surface area contributed by atoms with Gasteiger partial charge in [-0.3, -0.25) is 14.4 Å². The van der Waals surface area contributed by atoms with Crippen LogP contribution in [0.1, 0.15) is 19.8 Å². The highest BCUT2D eigenvalue weighted by molar-refractivity contribution is 7.98. The highest BCUT2D eigenvalue weighted by Crippen LogP contribution is 2.30. The first-order valence-corrected chi connectivity index (χ1v) is 10.1. The molecule has 0 aliphatic carbocycles. The van der Waals surface area contributed by atoms with Crippen molar-refractivity contribution < 1.29 is 19.5 Å². The van der Waals surface area contributed by atoms with E-state index in [1.165, 1.54) is 0 Å². The number of thioether (sulfide) groups is 1. The summed E-state index contributed by atoms with van der Waals surface area (Å²) in [5.41, 5.74) is 0.813. The molecule has 26 heavy (non-hydrogen) atoms. The number of hydrogen-bond acceptors (Lipinski definition) is 4. The predicted molar refractivity (Wildman–Crippen MR) is 100 cm³/mol. The Bertz CT molecular complexity index is 723. The van der Waals surface area contributed by atoms with E-state index in [0.717, 1.165) is 10.6 Å². The van der Waals surface area contributed by atoms with Crippen LogP contribution in [0.15, 0.2) is 29.2 Å². The number of anilines is 1. The fourth-order valence-corrected chi connectivity index (χ4v) is 4.32. The van der Waals surface area contributed by atoms with Crippen LogP contribution < -0.4 is 4.90 Å². The van der Waals surface area contributed by atoms with Crippen LogP contribution in [-0.2, 0) is 14.4 Å². The smallest absolute Gasteiger partial charge is 0.308 e. The van der Waals surface area contributed by atoms with Gasteiger partial charge in [0.25, 0.3) is 0 Å². The lowest BCUT2D eigenvalue weighted by Gasteiger charge is -2.36. The number of benzene rings is 1. The molecule has 2 aliphatic rings. The van der Waals surface area contributed by atoms with E-state index < -0.39 is 17.8 Å². The summed E-state index contributed by atoms with van der Waals surface area (Å²) in [6.45, 7) is 3.13. The Morgan fingerprint density at radius 2 is 1.96 bits per heavy atom. The van der Waals surface area contributed by atoms with Crippen molar-refractivity contribution in [3.8, 4) is 0 Å². The van der Waals surface area contributed by atoms with Gasteiger partial charge in [0.1, 0.15) is 0 Å². The van der Waals surface area contributed by atoms with Gasteiger partial charge in [-0.15, -0.1) is 11.8 Å². The zero-order chi connectivity index (χ0) is 18.8. The number of carboxylic acids is 1. The Morgan fingerprint density at radius 3 is 2.65 bits per heavy atom. The van der Waals surface area contributed by atoms with Gasteiger partial charge in [-0.05, 0) is 36.8 Å². The van der Waals surface area contributed by atoms with Gasteiger partial charge in [0.15, 0.2) is 0 Å². The van der Waals surface area contributed by atoms with Crippen molar-refractivity contribution in [1.29, 1.82) is 0 Å². The summed E-state index contributed by atoms with van der Waals surface area (Å²) in [5.74, 6) is -1.77. The van der Waals surface area contributed by atoms with Gasteiger partial charge in [0.2, 0.25) is 11.8 Å². The van der Waals surface area contributed by atoms with Gasteiger partial charge in [-0.25, -0.2) is 0 Å². The second-order valence-electron chi connectivity index (χ2n) is 7.23. The number of rotatable bonds is 4. The van der Waals surface area contributed by atoms with Gasteiger partial charge in [0.05, 0.1) is 11.8 Å². The highest BCUT2D eigenvalue weighted by Gasteiger charge is 2.40. The molecule has 2 amide bonds. The standard InChI is InChI=1S/C19H24N2O4S/c1-12-6-14(19(24)25)10-20(9-12)18(23)13-7-17(22)21(11-13)15-4-3-5-16(8-15)26-2/h3-5,8,12-14H,6-7,9-11H2,1-2H3,(H,24,25). The second kappa shape index (κ2) is 7.70. The van der Waals surface area contributed by atoms with E-state index >= 15 is 0 Å². The predicted octanol–water partition coefficient (Wildman–Crippen LogP) is 2.33. The van der Waals surface area contributed by atoms with Gasteiger partial charge < -0.3 is 14.9 Å². The summed E-state index contributed by atoms with van der Waals surface area (Å²) in [4.78, 5) is 41.1. The van der Waals surface area contributed by atoms with Crippen LogP contribution in [0, 0.1) is 17.8 Å². The average molecular weight is 376 g/mol. The minimum absolute atomic E-state index is 0.0542. The van der Waals surface area contributed by atoms with E-state index in [1.54, 1.807) is 21.6 Å². The summed E-state index contributed by atoms with van der Waals surface area (Å²) >= 11 is 1.61. The topological polar surface area (TPSA) is 77.9 Å². The number of likely N-dealkylation sites (tertiary alicyclic amines) is 1. The van der Waals surface area contributed by atoms with E-state index in [9.17, 15) is 19.5 Å². The molecule has 7 heteroatoms. The molecule has 1 N–H and O–H groups in total. The fourth-order valence-electron chi connectivity index (χ4n) is 3.87. The maximum atomic E-state index is 12.9. The van der Waals surface area contributed by atoms with Crippen molar-refractivity contribution >= 4 is 35.2 Å². The summed E-state index contributed by atoms with van der Waals surface area (Å²) < 4.78 is 0. The van der Waals surface area contributed by atoms with Crippen LogP contribution in [0.25, 0.3) is 0 Å². The Morgan fingerprint density at radius 1 is 1.19 bits per heavy atom. The molecule has 6 nitrogen and oxygen atoms in total. The van der Waals surface area contributed by atoms with Crippen molar-refractivity contribution in [2.45, 2.75) is 24.7 Å². The lowest BCUT2D eigenvalue weighted by atomic mass is 9.89. The van der Waals surface area contributed by atoms with Crippen LogP contribution >= 0.6 is 11.8 Å². The molecule has 3 atom stereocenters. The largest absolute Gasteiger partial charge is 0.481 e. The molecule has 0 aromatic heterocycles. The van der Waals surface area contributed by atoms with Crippen LogP contribution in [0.4, 0.5) is 5.69 Å². The monoisotopic (exact) mass is 376 g/mol. The quantitative estimate of drug-likeness (QED) is 0.816. The molecule has 0 radical (unpaired) electrons. The first-order chi connectivity index (χ1) is 12.4. The third-order valence-electron chi connectivity index (χ3n) is 5.16. The van der Waals surface area contributed by atoms with Gasteiger partial charge >= 0.3 is 5.97 Å². The van der Waals surface area contributed by atoms with Crippen molar-refractivity contribution in [2.75, 3.05) is 30.8 Å². The highest BCUT2D eigenvalue weighted by atomic mass is 32.2. The van der Waals surface area contributed by atoms with E-state index in [2.05, 4.69) is 0 Å². The molecule has 0 spiro atoms. The van der Waals surface area contributed by atoms with E-state index in [1.807, 2.05) is 37.4 Å². The summed E-state index contributed by atoms with van der Waals surface area (Å²) in [6.07, 6.45) is 2.76. The van der Waals surface area contributed by atoms with Crippen molar-refractivity contribution in [2.24, 2.45) is 17.8 Å². The average Bonchev–Trinajstić information content (AvgIpc) is 3.02. The molecule has 2 saturated heterocycles. The number of nitrogens with zero attached hydrogens (tertiary/aromatic N) is 2. The molecule has 3 unspecified atom stereocenters. The number of amides is 2. The van der Waals surface area contributed by atoms with Crippen LogP contribution in [-0.4, -0.2) is 53.7 Å². The Hall–Kier alpha value is -2.02. The van der Waals surface area contributed by atoms with Crippen LogP contribution in [0.2, 0.25) is 0 Å². The minimum Gasteiger partial charge on any atom is -0.481 e. The molecule has 0 saturated carbocycles. The van der Waals surface area contributed by atoms with Crippen molar-refractivity contribution in [1.82, 2.24) is 4.90 Å². The summed E-state index contributed by atoms with van der Waals surface area (Å²) in [7, 11) is 0. The first-order valence-electron chi connectivity index (χ1n) is 8.85. The maximum absolute atomic E-state index is 12.9. The maximum Gasteiger partial charge on any atom is 0.308 e. The molecule has 0 bridgehead atoms. The number of carboxylic acid groups (broad SMARTS) is 1. The van der Waals surface area contributed by atoms with E-state index in [4.69, 9.17) is 0 Å². The number of carbonyl (C=O) groups is 3. The number of aliphatic carboxylic acids is 1. The molecule has 140 valence electrons. The van der Waals surface area contributed by atoms with Gasteiger partial charge in [-0.1, -0.05) is 13.0 Å². The number of piperidine rings is 1. The molecule has 1 aromatic rings. The third kappa shape index (κ3) is 3.87. The SMILES string of the molecule is CSc1cccc(N2CC(C(=O)N3CC(C)CC(C(=O)O)C3)CC2=O)c1. The molecule has 1 aromatic carbocycles. The molecule has 2 heterocycles. The Kier molecular flexibility index (Phi) is 5.55. The Balaban J connectivity index is 1.71. The van der Waals surface area contributed by atoms with Gasteiger partial charge in [-0.2, -0.15) is 0 Å². The molecule has 3 rings (SSSR count). The zero-order valence-electron chi connectivity index (χ0n) is 15.1. The van der Waals surface area contributed by atoms with E-state index in [0.29, 0.717) is 19.5 Å². The summed E-state index contributed by atoms with van der Waals surface area (Å²) in [6, 6.07) is 7.73. The lowest BCUT2D eigenvalue weighted by Crippen LogP contribution is -2.48. The molecular formula is C19H24N2O4S. The van der Waals surface area contributed by atoms with Crippen molar-refractivity contribution in [3.63, 3.8) is 0 Å². The first kappa shape index (κ1) is 18.8. The third-order valence-corrected chi connectivity index (χ3v) is 5.89. The Labute approximate surface area is 157 Å². The van der Waals surface area contributed by atoms with Crippen molar-refractivity contribution in [3.05, 3.63) is 24.3 Å². The number of carbonyl (C=O) groups excluding carboxylic acids is 2. The lowest BCUT2D eigenvalue weighted by molar-refractivity contribution is -0.148.